The Hall–Kier alpha value is -0.960. The Morgan fingerprint density at radius 1 is 1.38 bits per heavy atom. The van der Waals surface area contributed by atoms with Crippen molar-refractivity contribution in [3.05, 3.63) is 28.7 Å². The van der Waals surface area contributed by atoms with Gasteiger partial charge >= 0.3 is 0 Å². The lowest BCUT2D eigenvalue weighted by Crippen LogP contribution is -2.17. The summed E-state index contributed by atoms with van der Waals surface area (Å²) in [6.45, 7) is 4.12. The highest BCUT2D eigenvalue weighted by Crippen LogP contribution is 2.03. The summed E-state index contributed by atoms with van der Waals surface area (Å²) in [7, 11) is 1.74. The van der Waals surface area contributed by atoms with Gasteiger partial charge in [-0.25, -0.2) is 0 Å². The molecule has 13 heavy (non-hydrogen) atoms. The van der Waals surface area contributed by atoms with Gasteiger partial charge in [-0.15, -0.1) is 12.4 Å². The molecule has 1 N–H and O–H groups in total. The molecule has 1 heterocycles. The maximum Gasteiger partial charge on any atom is 0.250 e. The molecule has 3 nitrogen and oxygen atoms in total. The number of nitrogens with one attached hydrogen (secondary N) is 1. The molecule has 0 bridgehead atoms. The van der Waals surface area contributed by atoms with Crippen LogP contribution < -0.4 is 10.9 Å². The second-order valence-corrected chi connectivity index (χ2v) is 3.17. The number of halogens is 1. The number of aryl methyl sites for hydroxylation is 1. The van der Waals surface area contributed by atoms with Crippen molar-refractivity contribution in [1.82, 2.24) is 4.57 Å². The fourth-order valence-corrected chi connectivity index (χ4v) is 1.01. The maximum atomic E-state index is 11.0. The van der Waals surface area contributed by atoms with Crippen LogP contribution in [-0.2, 0) is 7.05 Å². The van der Waals surface area contributed by atoms with Gasteiger partial charge in [-0.05, 0) is 19.9 Å². The van der Waals surface area contributed by atoms with Crippen molar-refractivity contribution in [1.29, 1.82) is 0 Å². The largest absolute Gasteiger partial charge is 0.382 e. The first-order valence-electron chi connectivity index (χ1n) is 4.03. The average Bonchev–Trinajstić information content (AvgIpc) is 1.96. The molecule has 0 spiro atoms. The molecule has 1 aromatic rings. The van der Waals surface area contributed by atoms with Gasteiger partial charge in [0, 0.05) is 25.4 Å². The zero-order valence-corrected chi connectivity index (χ0v) is 8.89. The van der Waals surface area contributed by atoms with E-state index in [1.54, 1.807) is 29.9 Å². The van der Waals surface area contributed by atoms with E-state index in [0.29, 0.717) is 6.04 Å². The second kappa shape index (κ2) is 4.92. The zero-order chi connectivity index (χ0) is 9.14. The van der Waals surface area contributed by atoms with Crippen molar-refractivity contribution >= 4 is 18.1 Å². The first kappa shape index (κ1) is 12.0. The molecule has 0 fully saturated rings. The van der Waals surface area contributed by atoms with Crippen molar-refractivity contribution in [2.75, 3.05) is 5.32 Å². The number of hydrogen-bond acceptors (Lipinski definition) is 2. The Balaban J connectivity index is 0.00000144. The highest BCUT2D eigenvalue weighted by molar-refractivity contribution is 5.85. The molecule has 0 aliphatic carbocycles. The smallest absolute Gasteiger partial charge is 0.250 e. The van der Waals surface area contributed by atoms with Crippen molar-refractivity contribution in [2.24, 2.45) is 7.05 Å². The van der Waals surface area contributed by atoms with Crippen LogP contribution in [0.25, 0.3) is 0 Å². The maximum absolute atomic E-state index is 11.0. The van der Waals surface area contributed by atoms with Gasteiger partial charge in [-0.2, -0.15) is 0 Å². The zero-order valence-electron chi connectivity index (χ0n) is 8.07. The molecule has 0 amide bonds. The molecular formula is C9H15ClN2O. The second-order valence-electron chi connectivity index (χ2n) is 3.17. The summed E-state index contributed by atoms with van der Waals surface area (Å²) in [5.41, 5.74) is 0.997. The van der Waals surface area contributed by atoms with Gasteiger partial charge in [0.2, 0.25) is 5.56 Å². The van der Waals surface area contributed by atoms with Crippen LogP contribution in [0, 0.1) is 0 Å². The fourth-order valence-electron chi connectivity index (χ4n) is 1.01. The molecule has 0 radical (unpaired) electrons. The summed E-state index contributed by atoms with van der Waals surface area (Å²) in [5, 5.41) is 3.21. The number of hydrogen-bond donors (Lipinski definition) is 1. The lowest BCUT2D eigenvalue weighted by atomic mass is 10.3. The molecule has 0 aliphatic heterocycles. The van der Waals surface area contributed by atoms with Crippen LogP contribution in [0.4, 0.5) is 5.69 Å². The Kier molecular flexibility index (Phi) is 4.56. The van der Waals surface area contributed by atoms with E-state index in [4.69, 9.17) is 0 Å². The van der Waals surface area contributed by atoms with Crippen LogP contribution in [0.3, 0.4) is 0 Å². The van der Waals surface area contributed by atoms with Crippen LogP contribution in [0.15, 0.2) is 23.1 Å². The van der Waals surface area contributed by atoms with Crippen LogP contribution in [-0.4, -0.2) is 10.6 Å². The highest BCUT2D eigenvalue weighted by Gasteiger charge is 1.95. The summed E-state index contributed by atoms with van der Waals surface area (Å²) in [6.07, 6.45) is 1.79. The summed E-state index contributed by atoms with van der Waals surface area (Å²) in [6, 6.07) is 3.75. The molecular weight excluding hydrogens is 188 g/mol. The summed E-state index contributed by atoms with van der Waals surface area (Å²) in [4.78, 5) is 11.0. The van der Waals surface area contributed by atoms with Crippen LogP contribution in [0.1, 0.15) is 13.8 Å². The lowest BCUT2D eigenvalue weighted by Gasteiger charge is -2.10. The van der Waals surface area contributed by atoms with Gasteiger partial charge in [0.25, 0.3) is 0 Å². The quantitative estimate of drug-likeness (QED) is 0.791. The Morgan fingerprint density at radius 2 is 2.00 bits per heavy atom. The SMILES string of the molecule is CC(C)Nc1ccc(=O)n(C)c1.Cl. The Morgan fingerprint density at radius 3 is 2.46 bits per heavy atom. The normalized spacial score (nSPS) is 9.54. The standard InChI is InChI=1S/C9H14N2O.ClH/c1-7(2)10-8-4-5-9(12)11(3)6-8;/h4-7,10H,1-3H3;1H. The molecule has 0 unspecified atom stereocenters. The van der Waals surface area contributed by atoms with E-state index in [9.17, 15) is 4.79 Å². The van der Waals surface area contributed by atoms with Gasteiger partial charge in [0.1, 0.15) is 0 Å². The van der Waals surface area contributed by atoms with Crippen LogP contribution in [0.2, 0.25) is 0 Å². The molecule has 1 aromatic heterocycles. The number of rotatable bonds is 2. The molecule has 74 valence electrons. The third-order valence-electron chi connectivity index (χ3n) is 1.54. The van der Waals surface area contributed by atoms with Crippen LogP contribution >= 0.6 is 12.4 Å². The van der Waals surface area contributed by atoms with Gasteiger partial charge in [-0.1, -0.05) is 0 Å². The van der Waals surface area contributed by atoms with E-state index in [-0.39, 0.29) is 18.0 Å². The Labute approximate surface area is 84.2 Å². The van der Waals surface area contributed by atoms with Gasteiger partial charge < -0.3 is 9.88 Å². The predicted octanol–water partition coefficient (Wildman–Crippen LogP) is 1.63. The van der Waals surface area contributed by atoms with Crippen molar-refractivity contribution in [3.8, 4) is 0 Å². The van der Waals surface area contributed by atoms with Crippen molar-refractivity contribution in [3.63, 3.8) is 0 Å². The van der Waals surface area contributed by atoms with E-state index in [0.717, 1.165) is 5.69 Å². The third-order valence-corrected chi connectivity index (χ3v) is 1.54. The molecule has 0 saturated carbocycles. The van der Waals surface area contributed by atoms with E-state index >= 15 is 0 Å². The minimum absolute atomic E-state index is 0. The topological polar surface area (TPSA) is 34.0 Å². The summed E-state index contributed by atoms with van der Waals surface area (Å²) < 4.78 is 1.56. The lowest BCUT2D eigenvalue weighted by molar-refractivity contribution is 0.844. The number of nitrogens with zero attached hydrogens (tertiary/aromatic N) is 1. The van der Waals surface area contributed by atoms with E-state index in [1.165, 1.54) is 0 Å². The number of anilines is 1. The van der Waals surface area contributed by atoms with Crippen molar-refractivity contribution in [2.45, 2.75) is 19.9 Å². The predicted molar refractivity (Wildman–Crippen MR) is 57.7 cm³/mol. The monoisotopic (exact) mass is 202 g/mol. The average molecular weight is 203 g/mol. The van der Waals surface area contributed by atoms with E-state index < -0.39 is 0 Å². The van der Waals surface area contributed by atoms with Crippen LogP contribution in [0.5, 0.6) is 0 Å². The minimum atomic E-state index is 0. The molecule has 0 aromatic carbocycles. The van der Waals surface area contributed by atoms with E-state index in [2.05, 4.69) is 19.2 Å². The fraction of sp³-hybridized carbons (Fsp3) is 0.444. The van der Waals surface area contributed by atoms with Gasteiger partial charge in [0.05, 0.1) is 5.69 Å². The molecule has 4 heteroatoms. The molecule has 1 rings (SSSR count). The molecule has 0 saturated heterocycles. The molecule has 0 atom stereocenters. The summed E-state index contributed by atoms with van der Waals surface area (Å²) >= 11 is 0. The highest BCUT2D eigenvalue weighted by atomic mass is 35.5. The summed E-state index contributed by atoms with van der Waals surface area (Å²) in [5.74, 6) is 0. The van der Waals surface area contributed by atoms with Gasteiger partial charge in [-0.3, -0.25) is 4.79 Å². The molecule has 0 aliphatic rings. The van der Waals surface area contributed by atoms with E-state index in [1.807, 2.05) is 0 Å². The van der Waals surface area contributed by atoms with Crippen molar-refractivity contribution < 1.29 is 0 Å². The number of aromatic nitrogens is 1. The third kappa shape index (κ3) is 3.51. The first-order chi connectivity index (χ1) is 5.59. The number of pyridine rings is 1. The van der Waals surface area contributed by atoms with Gasteiger partial charge in [0.15, 0.2) is 0 Å². The minimum Gasteiger partial charge on any atom is -0.382 e. The Bertz CT molecular complexity index is 320. The first-order valence-corrected chi connectivity index (χ1v) is 4.03.